The van der Waals surface area contributed by atoms with Gasteiger partial charge in [-0.1, -0.05) is 12.1 Å². The topological polar surface area (TPSA) is 88.5 Å². The molecule has 1 amide bonds. The van der Waals surface area contributed by atoms with E-state index in [4.69, 9.17) is 14.2 Å². The summed E-state index contributed by atoms with van der Waals surface area (Å²) in [4.78, 5) is 29.7. The molecule has 1 heterocycles. The maximum atomic E-state index is 13.2. The number of benzene rings is 2. The highest BCUT2D eigenvalue weighted by atomic mass is 16.5. The normalized spacial score (nSPS) is 17.5. The predicted molar refractivity (Wildman–Crippen MR) is 125 cm³/mol. The number of likely N-dealkylation sites (tertiary alicyclic amines) is 1. The molecule has 1 atom stereocenters. The highest BCUT2D eigenvalue weighted by molar-refractivity contribution is 6.46. The number of ether oxygens (including phenoxy) is 3. The van der Waals surface area contributed by atoms with Crippen LogP contribution in [0, 0.1) is 6.92 Å². The van der Waals surface area contributed by atoms with Gasteiger partial charge in [0.05, 0.1) is 32.9 Å². The number of methoxy groups -OCH3 is 3. The number of aryl methyl sites for hydroxylation is 1. The molecule has 33 heavy (non-hydrogen) atoms. The number of amides is 1. The zero-order valence-corrected chi connectivity index (χ0v) is 19.8. The highest BCUT2D eigenvalue weighted by Gasteiger charge is 2.47. The van der Waals surface area contributed by atoms with Crippen molar-refractivity contribution in [1.29, 1.82) is 0 Å². The lowest BCUT2D eigenvalue weighted by atomic mass is 9.94. The molecule has 0 bridgehead atoms. The standard InChI is InChI=1S/C25H30N2O6/c1-15-14-16(10-11-18(15)31-4)22(28)20-21(17-8-7-9-19(32-5)24(17)33-6)27(13-12-26(2)3)25(30)23(20)29/h7-11,14,21,28H,12-13H2,1-6H3/b22-20+/t21-/m0/s1. The van der Waals surface area contributed by atoms with Crippen molar-refractivity contribution in [1.82, 2.24) is 9.80 Å². The number of carbonyl (C=O) groups excluding carboxylic acids is 2. The molecule has 1 fully saturated rings. The Bertz CT molecular complexity index is 1090. The van der Waals surface area contributed by atoms with Crippen molar-refractivity contribution in [3.05, 3.63) is 58.7 Å². The van der Waals surface area contributed by atoms with E-state index in [2.05, 4.69) is 0 Å². The summed E-state index contributed by atoms with van der Waals surface area (Å²) in [5, 5.41) is 11.3. The lowest BCUT2D eigenvalue weighted by Crippen LogP contribution is -2.35. The average Bonchev–Trinajstić information content (AvgIpc) is 3.06. The number of aliphatic hydroxyl groups excluding tert-OH is 1. The second-order valence-electron chi connectivity index (χ2n) is 8.06. The number of hydrogen-bond donors (Lipinski definition) is 1. The monoisotopic (exact) mass is 454 g/mol. The van der Waals surface area contributed by atoms with E-state index in [1.165, 1.54) is 19.1 Å². The molecule has 8 heteroatoms. The van der Waals surface area contributed by atoms with Gasteiger partial charge in [-0.05, 0) is 50.8 Å². The summed E-state index contributed by atoms with van der Waals surface area (Å²) in [5.41, 5.74) is 1.78. The van der Waals surface area contributed by atoms with Crippen molar-refractivity contribution in [3.63, 3.8) is 0 Å². The van der Waals surface area contributed by atoms with Crippen molar-refractivity contribution in [3.8, 4) is 17.2 Å². The number of ketones is 1. The van der Waals surface area contributed by atoms with Gasteiger partial charge in [-0.2, -0.15) is 0 Å². The summed E-state index contributed by atoms with van der Waals surface area (Å²) in [5.74, 6) is -0.134. The van der Waals surface area contributed by atoms with E-state index in [9.17, 15) is 14.7 Å². The lowest BCUT2D eigenvalue weighted by molar-refractivity contribution is -0.140. The van der Waals surface area contributed by atoms with Crippen LogP contribution >= 0.6 is 0 Å². The number of rotatable bonds is 8. The van der Waals surface area contributed by atoms with Gasteiger partial charge in [-0.3, -0.25) is 9.59 Å². The quantitative estimate of drug-likeness (QED) is 0.373. The molecule has 1 aliphatic rings. The van der Waals surface area contributed by atoms with Crippen LogP contribution in [-0.4, -0.2) is 75.1 Å². The summed E-state index contributed by atoms with van der Waals surface area (Å²) in [7, 11) is 8.36. The molecule has 0 unspecified atom stereocenters. The molecule has 0 radical (unpaired) electrons. The first-order valence-corrected chi connectivity index (χ1v) is 10.5. The van der Waals surface area contributed by atoms with Crippen LogP contribution < -0.4 is 14.2 Å². The molecule has 3 rings (SSSR count). The summed E-state index contributed by atoms with van der Waals surface area (Å²) in [6, 6.07) is 9.54. The molecule has 1 saturated heterocycles. The maximum Gasteiger partial charge on any atom is 0.295 e. The first kappa shape index (κ1) is 24.1. The van der Waals surface area contributed by atoms with E-state index >= 15 is 0 Å². The Hall–Kier alpha value is -3.52. The van der Waals surface area contributed by atoms with Crippen LogP contribution in [0.1, 0.15) is 22.7 Å². The van der Waals surface area contributed by atoms with Crippen LogP contribution in [0.25, 0.3) is 5.76 Å². The highest BCUT2D eigenvalue weighted by Crippen LogP contribution is 2.45. The number of hydrogen-bond acceptors (Lipinski definition) is 7. The second kappa shape index (κ2) is 9.95. The predicted octanol–water partition coefficient (Wildman–Crippen LogP) is 3.00. The molecule has 0 spiro atoms. The Kier molecular flexibility index (Phi) is 7.28. The second-order valence-corrected chi connectivity index (χ2v) is 8.06. The van der Waals surface area contributed by atoms with Crippen LogP contribution in [0.3, 0.4) is 0 Å². The van der Waals surface area contributed by atoms with Crippen molar-refractivity contribution in [2.75, 3.05) is 48.5 Å². The van der Waals surface area contributed by atoms with Gasteiger partial charge in [-0.25, -0.2) is 0 Å². The summed E-state index contributed by atoms with van der Waals surface area (Å²) < 4.78 is 16.3. The minimum Gasteiger partial charge on any atom is -0.507 e. The molecular formula is C25H30N2O6. The largest absolute Gasteiger partial charge is 0.507 e. The van der Waals surface area contributed by atoms with Gasteiger partial charge >= 0.3 is 0 Å². The SMILES string of the molecule is COc1ccc(/C(O)=C2\C(=O)C(=O)N(CCN(C)C)[C@H]2c2cccc(OC)c2OC)cc1C. The maximum absolute atomic E-state index is 13.2. The number of likely N-dealkylation sites (N-methyl/N-ethyl adjacent to an activating group) is 1. The van der Waals surface area contributed by atoms with Gasteiger partial charge < -0.3 is 29.1 Å². The number of aliphatic hydroxyl groups is 1. The fourth-order valence-electron chi connectivity index (χ4n) is 4.05. The average molecular weight is 455 g/mol. The lowest BCUT2D eigenvalue weighted by Gasteiger charge is -2.28. The van der Waals surface area contributed by atoms with Gasteiger partial charge in [-0.15, -0.1) is 0 Å². The summed E-state index contributed by atoms with van der Waals surface area (Å²) >= 11 is 0. The molecule has 1 N–H and O–H groups in total. The fourth-order valence-corrected chi connectivity index (χ4v) is 4.05. The van der Waals surface area contributed by atoms with E-state index in [0.29, 0.717) is 41.5 Å². The van der Waals surface area contributed by atoms with E-state index < -0.39 is 17.7 Å². The van der Waals surface area contributed by atoms with E-state index in [1.54, 1.807) is 43.5 Å². The number of Topliss-reactive ketones (excluding diaryl/α,β-unsaturated/α-hetero) is 1. The molecule has 8 nitrogen and oxygen atoms in total. The molecule has 2 aromatic carbocycles. The summed E-state index contributed by atoms with van der Waals surface area (Å²) in [6.07, 6.45) is 0. The molecule has 0 saturated carbocycles. The Morgan fingerprint density at radius 1 is 1.03 bits per heavy atom. The van der Waals surface area contributed by atoms with Gasteiger partial charge in [0, 0.05) is 24.2 Å². The third-order valence-corrected chi connectivity index (χ3v) is 5.72. The van der Waals surface area contributed by atoms with Crippen molar-refractivity contribution < 1.29 is 28.9 Å². The van der Waals surface area contributed by atoms with Crippen molar-refractivity contribution >= 4 is 17.4 Å². The number of nitrogens with zero attached hydrogens (tertiary/aromatic N) is 2. The van der Waals surface area contributed by atoms with Gasteiger partial charge in [0.15, 0.2) is 11.5 Å². The van der Waals surface area contributed by atoms with E-state index in [0.717, 1.165) is 5.56 Å². The molecule has 2 aromatic rings. The first-order chi connectivity index (χ1) is 15.7. The molecular weight excluding hydrogens is 424 g/mol. The van der Waals surface area contributed by atoms with Gasteiger partial charge in [0.2, 0.25) is 0 Å². The third kappa shape index (κ3) is 4.52. The third-order valence-electron chi connectivity index (χ3n) is 5.72. The van der Waals surface area contributed by atoms with Crippen LogP contribution in [-0.2, 0) is 9.59 Å². The Labute approximate surface area is 194 Å². The molecule has 0 aromatic heterocycles. The Balaban J connectivity index is 2.25. The fraction of sp³-hybridized carbons (Fsp3) is 0.360. The zero-order chi connectivity index (χ0) is 24.3. The Morgan fingerprint density at radius 3 is 2.30 bits per heavy atom. The smallest absolute Gasteiger partial charge is 0.295 e. The van der Waals surface area contributed by atoms with Crippen LogP contribution in [0.2, 0.25) is 0 Å². The molecule has 176 valence electrons. The van der Waals surface area contributed by atoms with E-state index in [-0.39, 0.29) is 11.3 Å². The van der Waals surface area contributed by atoms with Crippen LogP contribution in [0.5, 0.6) is 17.2 Å². The van der Waals surface area contributed by atoms with Crippen molar-refractivity contribution in [2.45, 2.75) is 13.0 Å². The zero-order valence-electron chi connectivity index (χ0n) is 19.8. The van der Waals surface area contributed by atoms with Gasteiger partial charge in [0.1, 0.15) is 11.5 Å². The van der Waals surface area contributed by atoms with E-state index in [1.807, 2.05) is 25.9 Å². The minimum absolute atomic E-state index is 0.00914. The Morgan fingerprint density at radius 2 is 1.73 bits per heavy atom. The van der Waals surface area contributed by atoms with Crippen molar-refractivity contribution in [2.24, 2.45) is 0 Å². The van der Waals surface area contributed by atoms with Gasteiger partial charge in [0.25, 0.3) is 11.7 Å². The number of para-hydroxylation sites is 1. The first-order valence-electron chi connectivity index (χ1n) is 10.5. The number of carbonyl (C=O) groups is 2. The molecule has 1 aliphatic heterocycles. The summed E-state index contributed by atoms with van der Waals surface area (Å²) in [6.45, 7) is 2.67. The van der Waals surface area contributed by atoms with Crippen LogP contribution in [0.15, 0.2) is 42.0 Å². The molecule has 0 aliphatic carbocycles. The minimum atomic E-state index is -0.836. The van der Waals surface area contributed by atoms with Crippen LogP contribution in [0.4, 0.5) is 0 Å².